The molecule has 0 radical (unpaired) electrons. The second kappa shape index (κ2) is 5.54. The molecule has 0 bridgehead atoms. The van der Waals surface area contributed by atoms with Crippen LogP contribution >= 0.6 is 11.8 Å². The molecule has 1 aromatic carbocycles. The Morgan fingerprint density at radius 2 is 1.91 bits per heavy atom. The van der Waals surface area contributed by atoms with Crippen molar-refractivity contribution >= 4 is 28.4 Å². The molecule has 4 nitrogen and oxygen atoms in total. The summed E-state index contributed by atoms with van der Waals surface area (Å²) in [6.45, 7) is 0. The maximum absolute atomic E-state index is 12.8. The van der Waals surface area contributed by atoms with Crippen LogP contribution in [0.2, 0.25) is 0 Å². The Morgan fingerprint density at radius 1 is 1.09 bits per heavy atom. The lowest BCUT2D eigenvalue weighted by Crippen LogP contribution is -2.26. The zero-order chi connectivity index (χ0) is 15.1. The Kier molecular flexibility index (Phi) is 3.53. The standard InChI is InChI=1S/C17H18N2O2S/c20-14-7-3-4-8-15(14)22-17-18-13-6-2-1-5-12(13)16(21)19(17)11-9-10-11/h1-2,5-6,11,15H,3-4,7-10H2/t15-/m0/s1. The molecule has 0 N–H and O–H groups in total. The first-order chi connectivity index (χ1) is 10.7. The molecule has 0 unspecified atom stereocenters. The van der Waals surface area contributed by atoms with Crippen LogP contribution in [-0.2, 0) is 4.79 Å². The van der Waals surface area contributed by atoms with Gasteiger partial charge < -0.3 is 0 Å². The molecular weight excluding hydrogens is 296 g/mol. The maximum atomic E-state index is 12.8. The lowest BCUT2D eigenvalue weighted by molar-refractivity contribution is -0.119. The molecule has 0 spiro atoms. The molecule has 1 atom stereocenters. The molecule has 1 aromatic heterocycles. The van der Waals surface area contributed by atoms with Gasteiger partial charge in [0, 0.05) is 12.5 Å². The number of rotatable bonds is 3. The first-order valence-electron chi connectivity index (χ1n) is 7.95. The van der Waals surface area contributed by atoms with Gasteiger partial charge in [-0.2, -0.15) is 0 Å². The van der Waals surface area contributed by atoms with Crippen molar-refractivity contribution < 1.29 is 4.79 Å². The molecular formula is C17H18N2O2S. The minimum Gasteiger partial charge on any atom is -0.298 e. The average Bonchev–Trinajstić information content (AvgIpc) is 3.35. The predicted octanol–water partition coefficient (Wildman–Crippen LogP) is 3.34. The maximum Gasteiger partial charge on any atom is 0.262 e. The summed E-state index contributed by atoms with van der Waals surface area (Å²) in [7, 11) is 0. The second-order valence-corrected chi connectivity index (χ2v) is 7.31. The van der Waals surface area contributed by atoms with Gasteiger partial charge >= 0.3 is 0 Å². The van der Waals surface area contributed by atoms with Crippen LogP contribution < -0.4 is 5.56 Å². The van der Waals surface area contributed by atoms with Crippen LogP contribution in [0.1, 0.15) is 44.6 Å². The highest BCUT2D eigenvalue weighted by Gasteiger charge is 2.31. The summed E-state index contributed by atoms with van der Waals surface area (Å²) in [5.41, 5.74) is 0.772. The molecule has 2 saturated carbocycles. The van der Waals surface area contributed by atoms with E-state index in [1.165, 1.54) is 11.8 Å². The number of para-hydroxylation sites is 1. The van der Waals surface area contributed by atoms with Crippen LogP contribution in [0.3, 0.4) is 0 Å². The number of carbonyl (C=O) groups is 1. The van der Waals surface area contributed by atoms with E-state index in [4.69, 9.17) is 4.98 Å². The smallest absolute Gasteiger partial charge is 0.262 e. The summed E-state index contributed by atoms with van der Waals surface area (Å²) in [6, 6.07) is 7.76. The van der Waals surface area contributed by atoms with Crippen molar-refractivity contribution in [2.24, 2.45) is 0 Å². The second-order valence-electron chi connectivity index (χ2n) is 6.14. The normalized spacial score (nSPS) is 22.2. The van der Waals surface area contributed by atoms with E-state index in [9.17, 15) is 9.59 Å². The average molecular weight is 314 g/mol. The van der Waals surface area contributed by atoms with Crippen molar-refractivity contribution in [3.63, 3.8) is 0 Å². The molecule has 2 aliphatic rings. The summed E-state index contributed by atoms with van der Waals surface area (Å²) >= 11 is 1.50. The van der Waals surface area contributed by atoms with Crippen LogP contribution in [0.15, 0.2) is 34.2 Å². The molecule has 2 aliphatic carbocycles. The lowest BCUT2D eigenvalue weighted by Gasteiger charge is -2.21. The van der Waals surface area contributed by atoms with Gasteiger partial charge in [0.15, 0.2) is 5.16 Å². The fraction of sp³-hybridized carbons (Fsp3) is 0.471. The molecule has 5 heteroatoms. The topological polar surface area (TPSA) is 52.0 Å². The third-order valence-corrected chi connectivity index (χ3v) is 5.72. The van der Waals surface area contributed by atoms with Crippen molar-refractivity contribution in [2.45, 2.75) is 55.0 Å². The van der Waals surface area contributed by atoms with Crippen molar-refractivity contribution in [1.29, 1.82) is 0 Å². The van der Waals surface area contributed by atoms with Crippen LogP contribution in [0.25, 0.3) is 10.9 Å². The number of carbonyl (C=O) groups excluding carboxylic acids is 1. The third-order valence-electron chi connectivity index (χ3n) is 4.43. The van der Waals surface area contributed by atoms with Crippen molar-refractivity contribution in [1.82, 2.24) is 9.55 Å². The van der Waals surface area contributed by atoms with Gasteiger partial charge in [0.2, 0.25) is 0 Å². The number of hydrogen-bond acceptors (Lipinski definition) is 4. The van der Waals surface area contributed by atoms with Gasteiger partial charge in [-0.15, -0.1) is 0 Å². The summed E-state index contributed by atoms with van der Waals surface area (Å²) in [4.78, 5) is 29.6. The Labute approximate surface area is 132 Å². The Hall–Kier alpha value is -1.62. The van der Waals surface area contributed by atoms with Gasteiger partial charge in [-0.05, 0) is 37.8 Å². The van der Waals surface area contributed by atoms with Crippen LogP contribution in [0, 0.1) is 0 Å². The summed E-state index contributed by atoms with van der Waals surface area (Å²) in [6.07, 6.45) is 5.72. The van der Waals surface area contributed by atoms with Crippen molar-refractivity contribution in [2.75, 3.05) is 0 Å². The highest BCUT2D eigenvalue weighted by Crippen LogP contribution is 2.39. The molecule has 0 saturated heterocycles. The van der Waals surface area contributed by atoms with Gasteiger partial charge in [0.25, 0.3) is 5.56 Å². The Bertz CT molecular complexity index is 795. The van der Waals surface area contributed by atoms with E-state index in [0.717, 1.165) is 42.8 Å². The van der Waals surface area contributed by atoms with E-state index in [2.05, 4.69) is 0 Å². The van der Waals surface area contributed by atoms with E-state index in [1.807, 2.05) is 28.8 Å². The van der Waals surface area contributed by atoms with Crippen LogP contribution in [0.5, 0.6) is 0 Å². The fourth-order valence-corrected chi connectivity index (χ4v) is 4.35. The van der Waals surface area contributed by atoms with E-state index in [-0.39, 0.29) is 16.9 Å². The highest BCUT2D eigenvalue weighted by molar-refractivity contribution is 8.00. The van der Waals surface area contributed by atoms with Crippen molar-refractivity contribution in [3.8, 4) is 0 Å². The fourth-order valence-electron chi connectivity index (χ4n) is 3.07. The van der Waals surface area contributed by atoms with E-state index < -0.39 is 0 Å². The van der Waals surface area contributed by atoms with Gasteiger partial charge in [0.1, 0.15) is 5.78 Å². The van der Waals surface area contributed by atoms with E-state index in [0.29, 0.717) is 17.6 Å². The largest absolute Gasteiger partial charge is 0.298 e. The van der Waals surface area contributed by atoms with Gasteiger partial charge in [-0.1, -0.05) is 30.3 Å². The van der Waals surface area contributed by atoms with Gasteiger partial charge in [-0.3, -0.25) is 14.2 Å². The Balaban J connectivity index is 1.80. The molecule has 0 amide bonds. The predicted molar refractivity (Wildman–Crippen MR) is 87.4 cm³/mol. The molecule has 114 valence electrons. The number of fused-ring (bicyclic) bond motifs is 1. The lowest BCUT2D eigenvalue weighted by atomic mass is 9.99. The van der Waals surface area contributed by atoms with Gasteiger partial charge in [-0.25, -0.2) is 4.98 Å². The molecule has 0 aliphatic heterocycles. The number of benzene rings is 1. The SMILES string of the molecule is O=C1CCCC[C@@H]1Sc1nc2ccccc2c(=O)n1C1CC1. The number of nitrogens with zero attached hydrogens (tertiary/aromatic N) is 2. The molecule has 4 rings (SSSR count). The number of ketones is 1. The van der Waals surface area contributed by atoms with Crippen LogP contribution in [0.4, 0.5) is 0 Å². The molecule has 2 fully saturated rings. The molecule has 1 heterocycles. The minimum atomic E-state index is -0.0354. The quantitative estimate of drug-likeness (QED) is 0.815. The van der Waals surface area contributed by atoms with Crippen molar-refractivity contribution in [3.05, 3.63) is 34.6 Å². The Morgan fingerprint density at radius 3 is 2.68 bits per heavy atom. The number of hydrogen-bond donors (Lipinski definition) is 0. The number of thioether (sulfide) groups is 1. The van der Waals surface area contributed by atoms with Gasteiger partial charge in [0.05, 0.1) is 16.2 Å². The van der Waals surface area contributed by atoms with E-state index >= 15 is 0 Å². The summed E-state index contributed by atoms with van der Waals surface area (Å²) in [5, 5.41) is 1.37. The first-order valence-corrected chi connectivity index (χ1v) is 8.82. The first kappa shape index (κ1) is 14.0. The number of aromatic nitrogens is 2. The summed E-state index contributed by atoms with van der Waals surface area (Å²) < 4.78 is 1.83. The molecule has 2 aromatic rings. The van der Waals surface area contributed by atoms with Crippen LogP contribution in [-0.4, -0.2) is 20.6 Å². The highest BCUT2D eigenvalue weighted by atomic mass is 32.2. The summed E-state index contributed by atoms with van der Waals surface area (Å²) in [5.74, 6) is 0.306. The monoisotopic (exact) mass is 314 g/mol. The molecule has 22 heavy (non-hydrogen) atoms. The zero-order valence-corrected chi connectivity index (χ0v) is 13.1. The van der Waals surface area contributed by atoms with E-state index in [1.54, 1.807) is 0 Å². The zero-order valence-electron chi connectivity index (χ0n) is 12.3. The third kappa shape index (κ3) is 2.47. The number of Topliss-reactive ketones (excluding diaryl/α,β-unsaturated/α-hetero) is 1. The minimum absolute atomic E-state index is 0.0354.